The highest BCUT2D eigenvalue weighted by atomic mass is 16.5. The number of ether oxygens (including phenoxy) is 1. The molecule has 2 amide bonds. The maximum atomic E-state index is 13.1. The summed E-state index contributed by atoms with van der Waals surface area (Å²) in [5.74, 6) is 0.833. The minimum Gasteiger partial charge on any atom is -0.490 e. The SMILES string of the molecule is Cc1ccc(C)c(C(=O)Nc2ccc3c(c2)OCC(C)(C)C(=O)N3CC(C)C)c1. The number of carbonyl (C=O) groups excluding carboxylic acids is 2. The Labute approximate surface area is 173 Å². The normalized spacial score (nSPS) is 15.6. The van der Waals surface area contributed by atoms with Gasteiger partial charge in [-0.05, 0) is 57.4 Å². The van der Waals surface area contributed by atoms with Crippen molar-refractivity contribution in [1.82, 2.24) is 0 Å². The molecule has 154 valence electrons. The summed E-state index contributed by atoms with van der Waals surface area (Å²) in [5.41, 5.74) is 3.39. The molecule has 5 nitrogen and oxygen atoms in total. The van der Waals surface area contributed by atoms with Crippen LogP contribution in [0.5, 0.6) is 5.75 Å². The lowest BCUT2D eigenvalue weighted by Gasteiger charge is -2.29. The van der Waals surface area contributed by atoms with E-state index in [2.05, 4.69) is 19.2 Å². The quantitative estimate of drug-likeness (QED) is 0.797. The highest BCUT2D eigenvalue weighted by Crippen LogP contribution is 2.38. The van der Waals surface area contributed by atoms with Gasteiger partial charge in [-0.25, -0.2) is 0 Å². The van der Waals surface area contributed by atoms with Crippen molar-refractivity contribution in [3.05, 3.63) is 53.1 Å². The Hall–Kier alpha value is -2.82. The average molecular weight is 395 g/mol. The summed E-state index contributed by atoms with van der Waals surface area (Å²) < 4.78 is 6.00. The van der Waals surface area contributed by atoms with Crippen molar-refractivity contribution in [3.63, 3.8) is 0 Å². The molecule has 0 unspecified atom stereocenters. The van der Waals surface area contributed by atoms with Gasteiger partial charge in [-0.15, -0.1) is 0 Å². The first kappa shape index (κ1) is 20.9. The van der Waals surface area contributed by atoms with Gasteiger partial charge in [0.1, 0.15) is 12.4 Å². The smallest absolute Gasteiger partial charge is 0.255 e. The average Bonchev–Trinajstić information content (AvgIpc) is 2.73. The first-order valence-electron chi connectivity index (χ1n) is 10.1. The van der Waals surface area contributed by atoms with E-state index in [1.807, 2.05) is 62.9 Å². The zero-order chi connectivity index (χ0) is 21.3. The van der Waals surface area contributed by atoms with Crippen molar-refractivity contribution in [2.75, 3.05) is 23.4 Å². The molecule has 2 aromatic carbocycles. The number of hydrogen-bond acceptors (Lipinski definition) is 3. The zero-order valence-corrected chi connectivity index (χ0v) is 18.1. The van der Waals surface area contributed by atoms with Gasteiger partial charge in [0, 0.05) is 23.9 Å². The topological polar surface area (TPSA) is 58.6 Å². The van der Waals surface area contributed by atoms with Crippen LogP contribution in [0.3, 0.4) is 0 Å². The molecule has 2 aromatic rings. The maximum absolute atomic E-state index is 13.1. The number of rotatable bonds is 4. The van der Waals surface area contributed by atoms with E-state index < -0.39 is 5.41 Å². The largest absolute Gasteiger partial charge is 0.490 e. The third-order valence-electron chi connectivity index (χ3n) is 5.11. The number of benzene rings is 2. The van der Waals surface area contributed by atoms with Gasteiger partial charge < -0.3 is 15.0 Å². The van der Waals surface area contributed by atoms with E-state index >= 15 is 0 Å². The Morgan fingerprint density at radius 2 is 1.90 bits per heavy atom. The van der Waals surface area contributed by atoms with Crippen LogP contribution < -0.4 is 15.0 Å². The fourth-order valence-electron chi connectivity index (χ4n) is 3.45. The first-order valence-corrected chi connectivity index (χ1v) is 10.1. The number of hydrogen-bond donors (Lipinski definition) is 1. The second-order valence-electron chi connectivity index (χ2n) is 8.94. The lowest BCUT2D eigenvalue weighted by atomic mass is 9.92. The molecule has 0 saturated heterocycles. The van der Waals surface area contributed by atoms with E-state index in [0.717, 1.165) is 16.8 Å². The highest BCUT2D eigenvalue weighted by molar-refractivity contribution is 6.06. The summed E-state index contributed by atoms with van der Waals surface area (Å²) in [5, 5.41) is 2.96. The molecule has 0 spiro atoms. The van der Waals surface area contributed by atoms with Crippen molar-refractivity contribution in [2.45, 2.75) is 41.5 Å². The molecule has 0 aromatic heterocycles. The number of nitrogens with one attached hydrogen (secondary N) is 1. The third kappa shape index (κ3) is 4.44. The summed E-state index contributed by atoms with van der Waals surface area (Å²) >= 11 is 0. The van der Waals surface area contributed by atoms with E-state index in [4.69, 9.17) is 4.74 Å². The summed E-state index contributed by atoms with van der Waals surface area (Å²) in [6.45, 7) is 12.8. The van der Waals surface area contributed by atoms with Gasteiger partial charge in [0.15, 0.2) is 0 Å². The standard InChI is InChI=1S/C24H30N2O3/c1-15(2)13-26-20-10-9-18(12-21(20)29-14-24(5,6)23(26)28)25-22(27)19-11-16(3)7-8-17(19)4/h7-12,15H,13-14H2,1-6H3,(H,25,27). The zero-order valence-electron chi connectivity index (χ0n) is 18.1. The Bertz CT molecular complexity index is 947. The van der Waals surface area contributed by atoms with Crippen LogP contribution in [0.25, 0.3) is 0 Å². The molecule has 1 aliphatic heterocycles. The van der Waals surface area contributed by atoms with Crippen molar-refractivity contribution < 1.29 is 14.3 Å². The number of aryl methyl sites for hydroxylation is 2. The fourth-order valence-corrected chi connectivity index (χ4v) is 3.45. The minimum absolute atomic E-state index is 0.0529. The summed E-state index contributed by atoms with van der Waals surface area (Å²) in [7, 11) is 0. The fraction of sp³-hybridized carbons (Fsp3) is 0.417. The van der Waals surface area contributed by atoms with E-state index in [0.29, 0.717) is 36.1 Å². The molecule has 0 atom stereocenters. The van der Waals surface area contributed by atoms with Gasteiger partial charge in [-0.3, -0.25) is 9.59 Å². The van der Waals surface area contributed by atoms with Crippen molar-refractivity contribution in [2.24, 2.45) is 11.3 Å². The summed E-state index contributed by atoms with van der Waals surface area (Å²) in [6.07, 6.45) is 0. The number of fused-ring (bicyclic) bond motifs is 1. The molecule has 1 heterocycles. The van der Waals surface area contributed by atoms with Crippen LogP contribution in [0, 0.1) is 25.2 Å². The van der Waals surface area contributed by atoms with E-state index in [1.54, 1.807) is 6.07 Å². The number of carbonyl (C=O) groups is 2. The molecule has 0 fully saturated rings. The number of amides is 2. The summed E-state index contributed by atoms with van der Waals surface area (Å²) in [4.78, 5) is 27.6. The third-order valence-corrected chi connectivity index (χ3v) is 5.11. The van der Waals surface area contributed by atoms with Gasteiger partial charge in [-0.2, -0.15) is 0 Å². The molecular formula is C24H30N2O3. The van der Waals surface area contributed by atoms with Gasteiger partial charge in [-0.1, -0.05) is 31.5 Å². The van der Waals surface area contributed by atoms with Crippen LogP contribution in [0.2, 0.25) is 0 Å². The second-order valence-corrected chi connectivity index (χ2v) is 8.94. The van der Waals surface area contributed by atoms with Crippen LogP contribution in [0.15, 0.2) is 36.4 Å². The van der Waals surface area contributed by atoms with Gasteiger partial charge in [0.2, 0.25) is 5.91 Å². The number of nitrogens with zero attached hydrogens (tertiary/aromatic N) is 1. The summed E-state index contributed by atoms with van der Waals surface area (Å²) in [6, 6.07) is 11.3. The lowest BCUT2D eigenvalue weighted by Crippen LogP contribution is -2.43. The molecule has 0 saturated carbocycles. The molecule has 3 rings (SSSR count). The first-order chi connectivity index (χ1) is 13.6. The van der Waals surface area contributed by atoms with Crippen LogP contribution in [0.1, 0.15) is 49.2 Å². The van der Waals surface area contributed by atoms with Crippen LogP contribution >= 0.6 is 0 Å². The van der Waals surface area contributed by atoms with Gasteiger partial charge >= 0.3 is 0 Å². The van der Waals surface area contributed by atoms with Crippen molar-refractivity contribution in [1.29, 1.82) is 0 Å². The van der Waals surface area contributed by atoms with Crippen LogP contribution in [-0.4, -0.2) is 25.0 Å². The minimum atomic E-state index is -0.615. The molecule has 1 N–H and O–H groups in total. The Morgan fingerprint density at radius 1 is 1.17 bits per heavy atom. The predicted octanol–water partition coefficient (Wildman–Crippen LogP) is 4.96. The molecule has 0 radical (unpaired) electrons. The van der Waals surface area contributed by atoms with Gasteiger partial charge in [0.25, 0.3) is 5.91 Å². The number of anilines is 2. The van der Waals surface area contributed by atoms with Gasteiger partial charge in [0.05, 0.1) is 11.1 Å². The van der Waals surface area contributed by atoms with Crippen molar-refractivity contribution >= 4 is 23.2 Å². The molecule has 0 aliphatic carbocycles. The lowest BCUT2D eigenvalue weighted by molar-refractivity contribution is -0.127. The van der Waals surface area contributed by atoms with E-state index in [1.165, 1.54) is 0 Å². The molecule has 29 heavy (non-hydrogen) atoms. The van der Waals surface area contributed by atoms with Crippen molar-refractivity contribution in [3.8, 4) is 5.75 Å². The molecule has 0 bridgehead atoms. The Balaban J connectivity index is 1.92. The van der Waals surface area contributed by atoms with Crippen LogP contribution in [0.4, 0.5) is 11.4 Å². The highest BCUT2D eigenvalue weighted by Gasteiger charge is 2.38. The molecular weight excluding hydrogens is 364 g/mol. The van der Waals surface area contributed by atoms with Crippen LogP contribution in [-0.2, 0) is 4.79 Å². The van der Waals surface area contributed by atoms with E-state index in [-0.39, 0.29) is 11.8 Å². The molecule has 5 heteroatoms. The molecule has 1 aliphatic rings. The predicted molar refractivity (Wildman–Crippen MR) is 117 cm³/mol. The maximum Gasteiger partial charge on any atom is 0.255 e. The second kappa shape index (κ2) is 7.90. The monoisotopic (exact) mass is 394 g/mol. The van der Waals surface area contributed by atoms with E-state index in [9.17, 15) is 9.59 Å². The Kier molecular flexibility index (Phi) is 5.69. The Morgan fingerprint density at radius 3 is 2.59 bits per heavy atom.